The van der Waals surface area contributed by atoms with Crippen LogP contribution >= 0.6 is 0 Å². The molecule has 0 spiro atoms. The highest BCUT2D eigenvalue weighted by Crippen LogP contribution is 2.08. The standard InChI is InChI=1S/C8H13NO2/c1-2-3-8(11)9-5-4-7(10)6-9/h2-3,7,10H,4-6H2,1H3. The van der Waals surface area contributed by atoms with E-state index in [-0.39, 0.29) is 12.0 Å². The molecule has 3 heteroatoms. The fraction of sp³-hybridized carbons (Fsp3) is 0.625. The number of aliphatic hydroxyl groups is 1. The van der Waals surface area contributed by atoms with E-state index in [0.29, 0.717) is 19.5 Å². The second kappa shape index (κ2) is 3.53. The number of amides is 1. The third-order valence-corrected chi connectivity index (χ3v) is 1.78. The van der Waals surface area contributed by atoms with Gasteiger partial charge in [-0.1, -0.05) is 6.08 Å². The smallest absolute Gasteiger partial charge is 0.246 e. The van der Waals surface area contributed by atoms with Crippen LogP contribution in [-0.2, 0) is 4.79 Å². The summed E-state index contributed by atoms with van der Waals surface area (Å²) in [4.78, 5) is 12.8. The van der Waals surface area contributed by atoms with E-state index in [1.165, 1.54) is 6.08 Å². The molecular weight excluding hydrogens is 142 g/mol. The van der Waals surface area contributed by atoms with E-state index in [2.05, 4.69) is 0 Å². The van der Waals surface area contributed by atoms with Gasteiger partial charge in [0, 0.05) is 13.1 Å². The Labute approximate surface area is 66.3 Å². The highest BCUT2D eigenvalue weighted by atomic mass is 16.3. The van der Waals surface area contributed by atoms with Gasteiger partial charge in [0.25, 0.3) is 0 Å². The number of allylic oxidation sites excluding steroid dienone is 1. The second-order valence-corrected chi connectivity index (χ2v) is 2.73. The highest BCUT2D eigenvalue weighted by molar-refractivity contribution is 5.87. The minimum absolute atomic E-state index is 0.00375. The van der Waals surface area contributed by atoms with Crippen LogP contribution in [0.3, 0.4) is 0 Å². The Bertz CT molecular complexity index is 177. The van der Waals surface area contributed by atoms with Gasteiger partial charge in [0.1, 0.15) is 0 Å². The Balaban J connectivity index is 2.43. The Kier molecular flexibility index (Phi) is 2.65. The Morgan fingerprint density at radius 2 is 2.45 bits per heavy atom. The average molecular weight is 155 g/mol. The van der Waals surface area contributed by atoms with Crippen molar-refractivity contribution in [3.8, 4) is 0 Å². The predicted octanol–water partition coefficient (Wildman–Crippen LogP) is 0.156. The summed E-state index contributed by atoms with van der Waals surface area (Å²) >= 11 is 0. The summed E-state index contributed by atoms with van der Waals surface area (Å²) in [6.45, 7) is 2.98. The molecule has 1 amide bonds. The van der Waals surface area contributed by atoms with Crippen molar-refractivity contribution in [2.24, 2.45) is 0 Å². The molecule has 3 nitrogen and oxygen atoms in total. The van der Waals surface area contributed by atoms with E-state index in [9.17, 15) is 4.79 Å². The summed E-state index contributed by atoms with van der Waals surface area (Å²) in [5.74, 6) is 0.00375. The molecule has 0 aromatic rings. The van der Waals surface area contributed by atoms with Crippen molar-refractivity contribution in [1.82, 2.24) is 4.90 Å². The van der Waals surface area contributed by atoms with Crippen LogP contribution in [0.4, 0.5) is 0 Å². The molecule has 0 aromatic carbocycles. The number of carbonyl (C=O) groups excluding carboxylic acids is 1. The van der Waals surface area contributed by atoms with Gasteiger partial charge in [-0.15, -0.1) is 0 Å². The van der Waals surface area contributed by atoms with Gasteiger partial charge in [0.2, 0.25) is 5.91 Å². The summed E-state index contributed by atoms with van der Waals surface area (Å²) in [7, 11) is 0. The minimum Gasteiger partial charge on any atom is -0.391 e. The van der Waals surface area contributed by atoms with Gasteiger partial charge >= 0.3 is 0 Å². The van der Waals surface area contributed by atoms with Crippen LogP contribution in [0.1, 0.15) is 13.3 Å². The lowest BCUT2D eigenvalue weighted by Gasteiger charge is -2.11. The first kappa shape index (κ1) is 8.27. The van der Waals surface area contributed by atoms with Gasteiger partial charge in [0.15, 0.2) is 0 Å². The molecule has 0 aromatic heterocycles. The molecule has 1 aliphatic heterocycles. The van der Waals surface area contributed by atoms with Crippen molar-refractivity contribution in [2.45, 2.75) is 19.4 Å². The van der Waals surface area contributed by atoms with Crippen LogP contribution in [0, 0.1) is 0 Å². The van der Waals surface area contributed by atoms with Gasteiger partial charge in [-0.25, -0.2) is 0 Å². The summed E-state index contributed by atoms with van der Waals surface area (Å²) in [5.41, 5.74) is 0. The van der Waals surface area contributed by atoms with Crippen molar-refractivity contribution >= 4 is 5.91 Å². The zero-order valence-electron chi connectivity index (χ0n) is 6.66. The van der Waals surface area contributed by atoms with E-state index in [4.69, 9.17) is 5.11 Å². The molecule has 1 N–H and O–H groups in total. The van der Waals surface area contributed by atoms with Gasteiger partial charge in [-0.2, -0.15) is 0 Å². The van der Waals surface area contributed by atoms with Crippen LogP contribution in [-0.4, -0.2) is 35.1 Å². The first-order valence-electron chi connectivity index (χ1n) is 3.83. The topological polar surface area (TPSA) is 40.5 Å². The van der Waals surface area contributed by atoms with Gasteiger partial charge in [-0.3, -0.25) is 4.79 Å². The van der Waals surface area contributed by atoms with Crippen molar-refractivity contribution in [1.29, 1.82) is 0 Å². The Morgan fingerprint density at radius 1 is 1.73 bits per heavy atom. The molecular formula is C8H13NO2. The van der Waals surface area contributed by atoms with E-state index >= 15 is 0 Å². The monoisotopic (exact) mass is 155 g/mol. The Hall–Kier alpha value is -0.830. The van der Waals surface area contributed by atoms with Gasteiger partial charge in [0.05, 0.1) is 6.10 Å². The number of hydrogen-bond acceptors (Lipinski definition) is 2. The first-order chi connectivity index (χ1) is 5.24. The minimum atomic E-state index is -0.316. The highest BCUT2D eigenvalue weighted by Gasteiger charge is 2.22. The number of nitrogens with zero attached hydrogens (tertiary/aromatic N) is 1. The second-order valence-electron chi connectivity index (χ2n) is 2.73. The average Bonchev–Trinajstić information content (AvgIpc) is 2.36. The Morgan fingerprint density at radius 3 is 2.91 bits per heavy atom. The number of carbonyl (C=O) groups is 1. The molecule has 1 heterocycles. The molecule has 1 aliphatic rings. The molecule has 0 radical (unpaired) electrons. The maximum absolute atomic E-state index is 11.1. The fourth-order valence-corrected chi connectivity index (χ4v) is 1.19. The molecule has 62 valence electrons. The van der Waals surface area contributed by atoms with Gasteiger partial charge in [-0.05, 0) is 19.4 Å². The SMILES string of the molecule is CC=CC(=O)N1CCC(O)C1. The molecule has 1 atom stereocenters. The molecule has 1 saturated heterocycles. The zero-order chi connectivity index (χ0) is 8.27. The third kappa shape index (κ3) is 2.05. The summed E-state index contributed by atoms with van der Waals surface area (Å²) in [5, 5.41) is 9.10. The van der Waals surface area contributed by atoms with E-state index in [1.54, 1.807) is 11.0 Å². The lowest BCUT2D eigenvalue weighted by molar-refractivity contribution is -0.125. The molecule has 1 unspecified atom stereocenters. The van der Waals surface area contributed by atoms with Gasteiger partial charge < -0.3 is 10.0 Å². The van der Waals surface area contributed by atoms with Crippen molar-refractivity contribution in [3.63, 3.8) is 0 Å². The van der Waals surface area contributed by atoms with Crippen LogP contribution in [0.15, 0.2) is 12.2 Å². The summed E-state index contributed by atoms with van der Waals surface area (Å²) in [6.07, 6.45) is 3.64. The molecule has 1 fully saturated rings. The van der Waals surface area contributed by atoms with Crippen LogP contribution in [0.2, 0.25) is 0 Å². The number of rotatable bonds is 1. The summed E-state index contributed by atoms with van der Waals surface area (Å²) in [6, 6.07) is 0. The van der Waals surface area contributed by atoms with Crippen molar-refractivity contribution in [3.05, 3.63) is 12.2 Å². The fourth-order valence-electron chi connectivity index (χ4n) is 1.19. The largest absolute Gasteiger partial charge is 0.391 e. The van der Waals surface area contributed by atoms with Crippen molar-refractivity contribution in [2.75, 3.05) is 13.1 Å². The third-order valence-electron chi connectivity index (χ3n) is 1.78. The van der Waals surface area contributed by atoms with Crippen LogP contribution in [0.5, 0.6) is 0 Å². The number of likely N-dealkylation sites (tertiary alicyclic amines) is 1. The van der Waals surface area contributed by atoms with Crippen molar-refractivity contribution < 1.29 is 9.90 Å². The summed E-state index contributed by atoms with van der Waals surface area (Å²) < 4.78 is 0. The maximum Gasteiger partial charge on any atom is 0.246 e. The van der Waals surface area contributed by atoms with E-state index in [0.717, 1.165) is 0 Å². The number of β-amino-alcohol motifs (C(OH)–C–C–N with tert-alkyl or cyclic N) is 1. The number of aliphatic hydroxyl groups excluding tert-OH is 1. The molecule has 11 heavy (non-hydrogen) atoms. The maximum atomic E-state index is 11.1. The quantitative estimate of drug-likeness (QED) is 0.548. The predicted molar refractivity (Wildman–Crippen MR) is 42.0 cm³/mol. The van der Waals surface area contributed by atoms with E-state index in [1.807, 2.05) is 6.92 Å². The molecule has 0 aliphatic carbocycles. The lowest BCUT2D eigenvalue weighted by Crippen LogP contribution is -2.27. The number of hydrogen-bond donors (Lipinski definition) is 1. The van der Waals surface area contributed by atoms with Crippen LogP contribution < -0.4 is 0 Å². The normalized spacial score (nSPS) is 24.9. The lowest BCUT2D eigenvalue weighted by atomic mass is 10.3. The molecule has 0 bridgehead atoms. The van der Waals surface area contributed by atoms with Crippen LogP contribution in [0.25, 0.3) is 0 Å². The first-order valence-corrected chi connectivity index (χ1v) is 3.83. The van der Waals surface area contributed by atoms with E-state index < -0.39 is 0 Å². The zero-order valence-corrected chi connectivity index (χ0v) is 6.66. The molecule has 1 rings (SSSR count). The molecule has 0 saturated carbocycles.